The third kappa shape index (κ3) is 3.31. The number of pyridine rings is 1. The molecule has 78 valence electrons. The lowest BCUT2D eigenvalue weighted by Crippen LogP contribution is -2.15. The number of nitrogens with two attached hydrogens (primary N) is 1. The molecular weight excluding hydrogens is 192 g/mol. The predicted octanol–water partition coefficient (Wildman–Crippen LogP) is 2.53. The van der Waals surface area contributed by atoms with Gasteiger partial charge in [0.1, 0.15) is 0 Å². The molecule has 0 aromatic carbocycles. The maximum atomic E-state index is 6.08. The van der Waals surface area contributed by atoms with Gasteiger partial charge >= 0.3 is 0 Å². The highest BCUT2D eigenvalue weighted by molar-refractivity contribution is 7.99. The lowest BCUT2D eigenvalue weighted by Gasteiger charge is -2.14. The standard InChI is InChI=1S/C11H18N2S/c1-8(2)14-7-11(12)10-6-13-5-4-9(10)3/h4-6,8,11H,7,12H2,1-3H3. The summed E-state index contributed by atoms with van der Waals surface area (Å²) in [6, 6.07) is 2.12. The van der Waals surface area contributed by atoms with Crippen LogP contribution < -0.4 is 5.73 Å². The van der Waals surface area contributed by atoms with E-state index in [-0.39, 0.29) is 6.04 Å². The maximum Gasteiger partial charge on any atom is 0.0404 e. The van der Waals surface area contributed by atoms with Gasteiger partial charge in [0.25, 0.3) is 0 Å². The normalized spacial score (nSPS) is 13.2. The Kier molecular flexibility index (Phi) is 4.42. The minimum atomic E-state index is 0.107. The van der Waals surface area contributed by atoms with Gasteiger partial charge < -0.3 is 5.73 Å². The van der Waals surface area contributed by atoms with Crippen LogP contribution in [0.3, 0.4) is 0 Å². The zero-order chi connectivity index (χ0) is 10.6. The summed E-state index contributed by atoms with van der Waals surface area (Å²) < 4.78 is 0. The molecule has 0 bridgehead atoms. The Bertz CT molecular complexity index is 286. The molecule has 1 atom stereocenters. The molecule has 2 nitrogen and oxygen atoms in total. The number of rotatable bonds is 4. The monoisotopic (exact) mass is 210 g/mol. The highest BCUT2D eigenvalue weighted by Gasteiger charge is 2.09. The summed E-state index contributed by atoms with van der Waals surface area (Å²) in [5, 5.41) is 0.637. The zero-order valence-electron chi connectivity index (χ0n) is 9.03. The average molecular weight is 210 g/mol. The molecule has 0 amide bonds. The third-order valence-corrected chi connectivity index (χ3v) is 3.31. The van der Waals surface area contributed by atoms with Crippen LogP contribution in [0.15, 0.2) is 18.5 Å². The summed E-state index contributed by atoms with van der Waals surface area (Å²) in [4.78, 5) is 4.10. The zero-order valence-corrected chi connectivity index (χ0v) is 9.84. The molecule has 0 aliphatic carbocycles. The molecule has 1 unspecified atom stereocenters. The first-order chi connectivity index (χ1) is 6.61. The molecule has 1 aromatic heterocycles. The van der Waals surface area contributed by atoms with Crippen molar-refractivity contribution in [2.45, 2.75) is 32.1 Å². The summed E-state index contributed by atoms with van der Waals surface area (Å²) >= 11 is 1.89. The van der Waals surface area contributed by atoms with E-state index in [0.29, 0.717) is 5.25 Å². The minimum Gasteiger partial charge on any atom is -0.323 e. The topological polar surface area (TPSA) is 38.9 Å². The summed E-state index contributed by atoms with van der Waals surface area (Å²) in [7, 11) is 0. The SMILES string of the molecule is Cc1ccncc1C(N)CSC(C)C. The molecule has 0 aliphatic heterocycles. The second kappa shape index (κ2) is 5.37. The Balaban J connectivity index is 2.60. The molecule has 0 fully saturated rings. The Morgan fingerprint density at radius 3 is 2.79 bits per heavy atom. The van der Waals surface area contributed by atoms with Gasteiger partial charge in [0.05, 0.1) is 0 Å². The molecular formula is C11H18N2S. The smallest absolute Gasteiger partial charge is 0.0404 e. The van der Waals surface area contributed by atoms with Crippen LogP contribution >= 0.6 is 11.8 Å². The van der Waals surface area contributed by atoms with Gasteiger partial charge in [0.15, 0.2) is 0 Å². The fraction of sp³-hybridized carbons (Fsp3) is 0.545. The minimum absolute atomic E-state index is 0.107. The highest BCUT2D eigenvalue weighted by Crippen LogP contribution is 2.20. The van der Waals surface area contributed by atoms with Crippen molar-refractivity contribution in [3.8, 4) is 0 Å². The second-order valence-electron chi connectivity index (χ2n) is 3.72. The van der Waals surface area contributed by atoms with E-state index in [0.717, 1.165) is 5.75 Å². The number of nitrogens with zero attached hydrogens (tertiary/aromatic N) is 1. The Morgan fingerprint density at radius 1 is 1.50 bits per heavy atom. The van der Waals surface area contributed by atoms with Crippen molar-refractivity contribution in [3.05, 3.63) is 29.6 Å². The number of hydrogen-bond acceptors (Lipinski definition) is 3. The summed E-state index contributed by atoms with van der Waals surface area (Å²) in [6.45, 7) is 6.46. The quantitative estimate of drug-likeness (QED) is 0.830. The molecule has 0 radical (unpaired) electrons. The first kappa shape index (κ1) is 11.5. The van der Waals surface area contributed by atoms with Gasteiger partial charge in [-0.2, -0.15) is 11.8 Å². The first-order valence-corrected chi connectivity index (χ1v) is 5.94. The van der Waals surface area contributed by atoms with Crippen LogP contribution in [0.1, 0.15) is 31.0 Å². The van der Waals surface area contributed by atoms with Gasteiger partial charge in [0.2, 0.25) is 0 Å². The second-order valence-corrected chi connectivity index (χ2v) is 5.33. The van der Waals surface area contributed by atoms with Crippen LogP contribution in [0, 0.1) is 6.92 Å². The summed E-state index contributed by atoms with van der Waals surface area (Å²) in [5.41, 5.74) is 8.48. The number of aromatic nitrogens is 1. The molecule has 1 rings (SSSR count). The molecule has 14 heavy (non-hydrogen) atoms. The highest BCUT2D eigenvalue weighted by atomic mass is 32.2. The van der Waals surface area contributed by atoms with Crippen molar-refractivity contribution in [3.63, 3.8) is 0 Å². The lowest BCUT2D eigenvalue weighted by molar-refractivity contribution is 0.812. The van der Waals surface area contributed by atoms with Crippen molar-refractivity contribution in [2.75, 3.05) is 5.75 Å². The Labute approximate surface area is 90.3 Å². The van der Waals surface area contributed by atoms with E-state index in [1.807, 2.05) is 24.0 Å². The van der Waals surface area contributed by atoms with E-state index in [1.165, 1.54) is 11.1 Å². The van der Waals surface area contributed by atoms with E-state index < -0.39 is 0 Å². The van der Waals surface area contributed by atoms with E-state index in [2.05, 4.69) is 25.8 Å². The molecule has 0 saturated heterocycles. The van der Waals surface area contributed by atoms with Crippen molar-refractivity contribution < 1.29 is 0 Å². The van der Waals surface area contributed by atoms with Crippen LogP contribution in [-0.4, -0.2) is 16.0 Å². The van der Waals surface area contributed by atoms with E-state index in [1.54, 1.807) is 6.20 Å². The maximum absolute atomic E-state index is 6.08. The fourth-order valence-corrected chi connectivity index (χ4v) is 2.02. The largest absolute Gasteiger partial charge is 0.323 e. The van der Waals surface area contributed by atoms with Crippen LogP contribution in [0.4, 0.5) is 0 Å². The van der Waals surface area contributed by atoms with Crippen LogP contribution in [0.2, 0.25) is 0 Å². The number of aryl methyl sites for hydroxylation is 1. The third-order valence-electron chi connectivity index (χ3n) is 2.09. The Hall–Kier alpha value is -0.540. The van der Waals surface area contributed by atoms with Crippen LogP contribution in [0.25, 0.3) is 0 Å². The van der Waals surface area contributed by atoms with Gasteiger partial charge in [-0.05, 0) is 29.4 Å². The Morgan fingerprint density at radius 2 is 2.21 bits per heavy atom. The van der Waals surface area contributed by atoms with Gasteiger partial charge in [-0.1, -0.05) is 13.8 Å². The van der Waals surface area contributed by atoms with E-state index in [4.69, 9.17) is 5.73 Å². The van der Waals surface area contributed by atoms with E-state index in [9.17, 15) is 0 Å². The predicted molar refractivity (Wildman–Crippen MR) is 63.5 cm³/mol. The van der Waals surface area contributed by atoms with Crippen molar-refractivity contribution in [1.82, 2.24) is 4.98 Å². The molecule has 3 heteroatoms. The molecule has 0 saturated carbocycles. The van der Waals surface area contributed by atoms with Crippen molar-refractivity contribution >= 4 is 11.8 Å². The molecule has 1 heterocycles. The average Bonchev–Trinajstić information content (AvgIpc) is 2.15. The molecule has 2 N–H and O–H groups in total. The first-order valence-electron chi connectivity index (χ1n) is 4.89. The van der Waals surface area contributed by atoms with Crippen LogP contribution in [-0.2, 0) is 0 Å². The number of thioether (sulfide) groups is 1. The van der Waals surface area contributed by atoms with Gasteiger partial charge in [0, 0.05) is 24.2 Å². The molecule has 0 aliphatic rings. The van der Waals surface area contributed by atoms with Crippen molar-refractivity contribution in [2.24, 2.45) is 5.73 Å². The number of hydrogen-bond donors (Lipinski definition) is 1. The summed E-state index contributed by atoms with van der Waals surface area (Å²) in [6.07, 6.45) is 3.68. The van der Waals surface area contributed by atoms with Gasteiger partial charge in [-0.3, -0.25) is 4.98 Å². The van der Waals surface area contributed by atoms with Crippen molar-refractivity contribution in [1.29, 1.82) is 0 Å². The van der Waals surface area contributed by atoms with Gasteiger partial charge in [-0.25, -0.2) is 0 Å². The van der Waals surface area contributed by atoms with E-state index >= 15 is 0 Å². The molecule has 1 aromatic rings. The fourth-order valence-electron chi connectivity index (χ4n) is 1.25. The van der Waals surface area contributed by atoms with Gasteiger partial charge in [-0.15, -0.1) is 0 Å². The molecule has 0 spiro atoms. The van der Waals surface area contributed by atoms with Crippen LogP contribution in [0.5, 0.6) is 0 Å². The summed E-state index contributed by atoms with van der Waals surface area (Å²) in [5.74, 6) is 0.962. The lowest BCUT2D eigenvalue weighted by atomic mass is 10.1.